The van der Waals surface area contributed by atoms with Crippen LogP contribution in [-0.2, 0) is 42.3 Å². The van der Waals surface area contributed by atoms with Crippen LogP contribution in [0.3, 0.4) is 0 Å². The number of aryl methyl sites for hydroxylation is 4. The first-order valence-corrected chi connectivity index (χ1v) is 19.2. The fraction of sp³-hybridized carbons (Fsp3) is 0.263. The molecule has 7 heteroatoms. The molecule has 0 radical (unpaired) electrons. The molecule has 0 saturated heterocycles. The Bertz CT molecular complexity index is 1780. The molecule has 228 valence electrons. The zero-order chi connectivity index (χ0) is 30.7. The van der Waals surface area contributed by atoms with Gasteiger partial charge >= 0.3 is 265 Å². The van der Waals surface area contributed by atoms with E-state index in [1.54, 1.807) is 9.13 Å². The van der Waals surface area contributed by atoms with Gasteiger partial charge in [-0.2, -0.15) is 0 Å². The van der Waals surface area contributed by atoms with E-state index >= 15 is 17.6 Å². The van der Waals surface area contributed by atoms with Gasteiger partial charge < -0.3 is 0 Å². The van der Waals surface area contributed by atoms with Gasteiger partial charge in [0.15, 0.2) is 0 Å². The molecule has 0 fully saturated rings. The van der Waals surface area contributed by atoms with Crippen LogP contribution in [0, 0.1) is 23.3 Å². The predicted molar refractivity (Wildman–Crippen MR) is 168 cm³/mol. The fourth-order valence-corrected chi connectivity index (χ4v) is 16.4. The number of allylic oxidation sites excluding steroid dienone is 8. The van der Waals surface area contributed by atoms with Crippen molar-refractivity contribution in [3.8, 4) is 11.4 Å². The van der Waals surface area contributed by atoms with Crippen molar-refractivity contribution in [1.82, 2.24) is 9.13 Å². The first kappa shape index (κ1) is 28.8. The standard InChI is InChI=1S/2C14H12F2N.2C5H5.Ti/c2*15-12-5-6-14(13(16)7-12)17-8-10-3-1-2-4-11(10)9-17;2*1-2-4-5-3-1;/h2*5-6,8-9H,1-4H2;2*1-3H,4H2;. The van der Waals surface area contributed by atoms with Crippen LogP contribution in [0.25, 0.3) is 11.4 Å². The van der Waals surface area contributed by atoms with E-state index in [0.29, 0.717) is 20.6 Å². The van der Waals surface area contributed by atoms with Crippen LogP contribution in [0.4, 0.5) is 17.6 Å². The molecule has 4 aliphatic carbocycles. The Morgan fingerprint density at radius 2 is 0.889 bits per heavy atom. The van der Waals surface area contributed by atoms with Crippen LogP contribution in [-0.4, -0.2) is 9.13 Å². The molecule has 0 spiro atoms. The summed E-state index contributed by atoms with van der Waals surface area (Å²) in [7, 11) is 0. The van der Waals surface area contributed by atoms with Gasteiger partial charge in [0, 0.05) is 0 Å². The first-order chi connectivity index (χ1) is 22.0. The van der Waals surface area contributed by atoms with Crippen molar-refractivity contribution in [1.29, 1.82) is 0 Å². The predicted octanol–water partition coefficient (Wildman–Crippen LogP) is 8.37. The van der Waals surface area contributed by atoms with E-state index in [1.807, 2.05) is 61.2 Å². The topological polar surface area (TPSA) is 9.86 Å². The SMILES string of the molecule is Fc1ccc(-n2cc3c(c2)CCCC3)c(F)[c]1[Ti]([C]1=CC=CC1)([C]1=CC=CC1)[c]1c(F)ccc(-n2cc3c(c2)CCCC3)c1F. The Kier molecular flexibility index (Phi) is 7.26. The molecular weight excluding hydrogens is 608 g/mol. The van der Waals surface area contributed by atoms with Gasteiger partial charge in [-0.05, 0) is 0 Å². The summed E-state index contributed by atoms with van der Waals surface area (Å²) in [5.41, 5.74) is 5.11. The third-order valence-corrected chi connectivity index (χ3v) is 18.2. The van der Waals surface area contributed by atoms with Gasteiger partial charge in [0.1, 0.15) is 0 Å². The Labute approximate surface area is 264 Å². The van der Waals surface area contributed by atoms with Crippen molar-refractivity contribution < 1.29 is 34.2 Å². The summed E-state index contributed by atoms with van der Waals surface area (Å²) >= 11 is -4.94. The van der Waals surface area contributed by atoms with Crippen molar-refractivity contribution in [3.63, 3.8) is 0 Å². The van der Waals surface area contributed by atoms with Gasteiger partial charge in [-0.3, -0.25) is 0 Å². The zero-order valence-electron chi connectivity index (χ0n) is 25.1. The molecule has 0 N–H and O–H groups in total. The fourth-order valence-electron chi connectivity index (χ4n) is 8.11. The molecule has 0 amide bonds. The minimum absolute atomic E-state index is 0.161. The molecule has 8 rings (SSSR count). The first-order valence-electron chi connectivity index (χ1n) is 16.1. The molecule has 2 nitrogen and oxygen atoms in total. The van der Waals surface area contributed by atoms with E-state index in [-0.39, 0.29) is 19.1 Å². The van der Waals surface area contributed by atoms with E-state index in [1.165, 1.54) is 46.5 Å². The van der Waals surface area contributed by atoms with Gasteiger partial charge in [0.05, 0.1) is 0 Å². The van der Waals surface area contributed by atoms with Crippen LogP contribution >= 0.6 is 0 Å². The third-order valence-electron chi connectivity index (χ3n) is 10.2. The van der Waals surface area contributed by atoms with Gasteiger partial charge in [0.25, 0.3) is 0 Å². The zero-order valence-corrected chi connectivity index (χ0v) is 26.6. The number of rotatable bonds is 6. The van der Waals surface area contributed by atoms with E-state index in [2.05, 4.69) is 0 Å². The number of hydrogen-bond donors (Lipinski definition) is 0. The number of fused-ring (bicyclic) bond motifs is 2. The van der Waals surface area contributed by atoms with Crippen molar-refractivity contribution in [2.75, 3.05) is 0 Å². The molecule has 45 heavy (non-hydrogen) atoms. The molecule has 4 aromatic rings. The molecule has 0 bridgehead atoms. The van der Waals surface area contributed by atoms with E-state index < -0.39 is 39.9 Å². The number of nitrogens with zero attached hydrogens (tertiary/aromatic N) is 2. The van der Waals surface area contributed by atoms with Crippen molar-refractivity contribution >= 4 is 7.74 Å². The van der Waals surface area contributed by atoms with E-state index in [9.17, 15) is 0 Å². The van der Waals surface area contributed by atoms with Crippen molar-refractivity contribution in [2.45, 2.75) is 64.2 Å². The molecule has 2 heterocycles. The second-order valence-corrected chi connectivity index (χ2v) is 18.7. The van der Waals surface area contributed by atoms with Crippen molar-refractivity contribution in [2.24, 2.45) is 0 Å². The van der Waals surface area contributed by atoms with Crippen LogP contribution in [0.2, 0.25) is 0 Å². The van der Waals surface area contributed by atoms with Crippen LogP contribution in [0.5, 0.6) is 0 Å². The molecule has 0 aliphatic heterocycles. The summed E-state index contributed by atoms with van der Waals surface area (Å²) in [6, 6.07) is 5.50. The van der Waals surface area contributed by atoms with Gasteiger partial charge in [-0.15, -0.1) is 0 Å². The molecule has 2 aromatic heterocycles. The number of halogens is 4. The minimum atomic E-state index is -4.94. The summed E-state index contributed by atoms with van der Waals surface area (Å²) in [6.07, 6.45) is 27.7. The van der Waals surface area contributed by atoms with Gasteiger partial charge in [-0.25, -0.2) is 0 Å². The molecule has 4 aliphatic rings. The molecule has 0 atom stereocenters. The number of aromatic nitrogens is 2. The third kappa shape index (κ3) is 4.55. The summed E-state index contributed by atoms with van der Waals surface area (Å²) in [4.78, 5) is 0. The molecule has 2 aromatic carbocycles. The normalized spacial score (nSPS) is 17.4. The van der Waals surface area contributed by atoms with E-state index in [4.69, 9.17) is 0 Å². The van der Waals surface area contributed by atoms with Gasteiger partial charge in [0.2, 0.25) is 0 Å². The molecule has 0 unspecified atom stereocenters. The van der Waals surface area contributed by atoms with Crippen LogP contribution < -0.4 is 7.74 Å². The number of hydrogen-bond acceptors (Lipinski definition) is 0. The summed E-state index contributed by atoms with van der Waals surface area (Å²) in [5, 5.41) is 0. The Morgan fingerprint density at radius 1 is 0.511 bits per heavy atom. The monoisotopic (exact) mass is 642 g/mol. The summed E-state index contributed by atoms with van der Waals surface area (Å²) in [5.74, 6) is -2.98. The Hall–Kier alpha value is -3.61. The average Bonchev–Trinajstić information content (AvgIpc) is 3.87. The summed E-state index contributed by atoms with van der Waals surface area (Å²) < 4.78 is 72.4. The molecular formula is C38H34F4N2Ti. The second-order valence-electron chi connectivity index (χ2n) is 12.8. The van der Waals surface area contributed by atoms with Crippen molar-refractivity contribution in [3.05, 3.63) is 139 Å². The number of benzene rings is 2. The molecule has 0 saturated carbocycles. The second kappa shape index (κ2) is 11.3. The van der Waals surface area contributed by atoms with E-state index in [0.717, 1.165) is 51.4 Å². The Balaban J connectivity index is 1.41. The van der Waals surface area contributed by atoms with Crippen LogP contribution in [0.15, 0.2) is 93.3 Å². The average molecular weight is 643 g/mol. The maximum atomic E-state index is 17.4. The van der Waals surface area contributed by atoms with Gasteiger partial charge in [-0.1, -0.05) is 0 Å². The summed E-state index contributed by atoms with van der Waals surface area (Å²) in [6.45, 7) is 0. The van der Waals surface area contributed by atoms with Crippen LogP contribution in [0.1, 0.15) is 60.8 Å². The Morgan fingerprint density at radius 3 is 1.22 bits per heavy atom. The quantitative estimate of drug-likeness (QED) is 0.148. The maximum absolute atomic E-state index is 17.4.